The van der Waals surface area contributed by atoms with Crippen molar-refractivity contribution in [3.63, 3.8) is 0 Å². The monoisotopic (exact) mass is 436 g/mol. The van der Waals surface area contributed by atoms with E-state index < -0.39 is 38.4 Å². The molecule has 0 aromatic heterocycles. The van der Waals surface area contributed by atoms with Crippen LogP contribution in [-0.2, 0) is 28.9 Å². The number of carbonyl (C=O) groups is 2. The van der Waals surface area contributed by atoms with Gasteiger partial charge in [-0.25, -0.2) is 8.42 Å². The molecule has 154 valence electrons. The van der Waals surface area contributed by atoms with Crippen LogP contribution in [0.15, 0.2) is 59.5 Å². The van der Waals surface area contributed by atoms with Gasteiger partial charge in [-0.15, -0.1) is 0 Å². The quantitative estimate of drug-likeness (QED) is 0.488. The number of hydrogen-bond acceptors (Lipinski definition) is 6. The molecular formula is C21H21ClO6S. The third-order valence-corrected chi connectivity index (χ3v) is 7.45. The van der Waals surface area contributed by atoms with Crippen LogP contribution in [-0.4, -0.2) is 38.8 Å². The van der Waals surface area contributed by atoms with E-state index in [0.29, 0.717) is 10.6 Å². The highest BCUT2D eigenvalue weighted by Gasteiger charge is 2.81. The minimum atomic E-state index is -4.05. The number of benzene rings is 2. The lowest BCUT2D eigenvalue weighted by Gasteiger charge is -2.15. The average Bonchev–Trinajstić information content (AvgIpc) is 3.42. The van der Waals surface area contributed by atoms with Crippen molar-refractivity contribution in [3.05, 3.63) is 65.2 Å². The molecule has 0 amide bonds. The van der Waals surface area contributed by atoms with Gasteiger partial charge in [0.2, 0.25) is 0 Å². The topological polar surface area (TPSA) is 86.7 Å². The van der Waals surface area contributed by atoms with Crippen molar-refractivity contribution in [3.8, 4) is 0 Å². The van der Waals surface area contributed by atoms with Crippen molar-refractivity contribution in [2.24, 2.45) is 5.41 Å². The van der Waals surface area contributed by atoms with Crippen LogP contribution in [0.1, 0.15) is 25.3 Å². The van der Waals surface area contributed by atoms with Crippen molar-refractivity contribution < 1.29 is 27.5 Å². The summed E-state index contributed by atoms with van der Waals surface area (Å²) in [5.74, 6) is -2.79. The van der Waals surface area contributed by atoms with Crippen LogP contribution in [0.4, 0.5) is 0 Å². The Morgan fingerprint density at radius 3 is 2.07 bits per heavy atom. The summed E-state index contributed by atoms with van der Waals surface area (Å²) in [6.45, 7) is 3.18. The van der Waals surface area contributed by atoms with Gasteiger partial charge in [-0.2, -0.15) is 0 Å². The van der Waals surface area contributed by atoms with E-state index in [1.165, 1.54) is 12.1 Å². The van der Waals surface area contributed by atoms with E-state index in [9.17, 15) is 18.0 Å². The fourth-order valence-electron chi connectivity index (χ4n) is 3.75. The second kappa shape index (κ2) is 8.16. The maximum absolute atomic E-state index is 13.4. The molecule has 0 saturated heterocycles. The molecule has 2 atom stereocenters. The minimum Gasteiger partial charge on any atom is -0.465 e. The summed E-state index contributed by atoms with van der Waals surface area (Å²) in [5, 5.41) is -0.985. The first-order valence-electron chi connectivity index (χ1n) is 9.20. The maximum Gasteiger partial charge on any atom is 0.325 e. The van der Waals surface area contributed by atoms with E-state index in [4.69, 9.17) is 21.1 Å². The molecule has 1 aliphatic rings. The zero-order valence-electron chi connectivity index (χ0n) is 16.0. The van der Waals surface area contributed by atoms with Crippen molar-refractivity contribution in [1.82, 2.24) is 0 Å². The molecule has 29 heavy (non-hydrogen) atoms. The van der Waals surface area contributed by atoms with Gasteiger partial charge in [0.25, 0.3) is 0 Å². The predicted octanol–water partition coefficient (Wildman–Crippen LogP) is 3.39. The fraction of sp³-hybridized carbons (Fsp3) is 0.333. The van der Waals surface area contributed by atoms with Gasteiger partial charge in [-0.1, -0.05) is 41.9 Å². The fourth-order valence-corrected chi connectivity index (χ4v) is 6.25. The largest absolute Gasteiger partial charge is 0.465 e. The molecule has 0 radical (unpaired) electrons. The Bertz CT molecular complexity index is 1000. The van der Waals surface area contributed by atoms with E-state index >= 15 is 0 Å². The van der Waals surface area contributed by atoms with Crippen LogP contribution >= 0.6 is 11.6 Å². The van der Waals surface area contributed by atoms with Gasteiger partial charge in [-0.05, 0) is 43.7 Å². The molecule has 1 fully saturated rings. The van der Waals surface area contributed by atoms with Crippen LogP contribution in [0.3, 0.4) is 0 Å². The molecule has 2 aromatic carbocycles. The Labute approximate surface area is 174 Å². The summed E-state index contributed by atoms with van der Waals surface area (Å²) >= 11 is 6.09. The van der Waals surface area contributed by atoms with Gasteiger partial charge in [0.15, 0.2) is 15.3 Å². The molecule has 6 nitrogen and oxygen atoms in total. The van der Waals surface area contributed by atoms with E-state index in [1.807, 2.05) is 0 Å². The van der Waals surface area contributed by atoms with E-state index in [-0.39, 0.29) is 18.1 Å². The number of ether oxygens (including phenoxy) is 2. The summed E-state index contributed by atoms with van der Waals surface area (Å²) in [6, 6.07) is 14.2. The Morgan fingerprint density at radius 2 is 1.55 bits per heavy atom. The first-order valence-corrected chi connectivity index (χ1v) is 11.1. The number of sulfone groups is 1. The first kappa shape index (κ1) is 21.3. The molecule has 1 aliphatic carbocycles. The zero-order valence-corrected chi connectivity index (χ0v) is 17.6. The molecule has 1 saturated carbocycles. The van der Waals surface area contributed by atoms with Crippen LogP contribution in [0.2, 0.25) is 5.02 Å². The average molecular weight is 437 g/mol. The summed E-state index contributed by atoms with van der Waals surface area (Å²) in [7, 11) is -4.05. The molecule has 0 spiro atoms. The molecule has 0 N–H and O–H groups in total. The summed E-state index contributed by atoms with van der Waals surface area (Å²) in [5.41, 5.74) is -1.52. The van der Waals surface area contributed by atoms with Crippen LogP contribution in [0.5, 0.6) is 0 Å². The van der Waals surface area contributed by atoms with Gasteiger partial charge in [0.1, 0.15) is 5.25 Å². The van der Waals surface area contributed by atoms with Gasteiger partial charge >= 0.3 is 11.9 Å². The van der Waals surface area contributed by atoms with Gasteiger partial charge in [-0.3, -0.25) is 9.59 Å². The van der Waals surface area contributed by atoms with Crippen molar-refractivity contribution in [1.29, 1.82) is 0 Å². The van der Waals surface area contributed by atoms with Crippen molar-refractivity contribution in [2.45, 2.75) is 29.9 Å². The summed E-state index contributed by atoms with van der Waals surface area (Å²) in [6.07, 6.45) is 0. The molecule has 0 bridgehead atoms. The number of halogens is 1. The highest BCUT2D eigenvalue weighted by molar-refractivity contribution is 7.92. The zero-order chi connectivity index (χ0) is 21.2. The SMILES string of the molecule is CCOC(=O)C1(C(=O)OCC)[C@H](S(=O)(=O)c2ccccc2)[C@@H]1c1cccc(Cl)c1. The number of carbonyl (C=O) groups excluding carboxylic acids is 2. The molecular weight excluding hydrogens is 416 g/mol. The van der Waals surface area contributed by atoms with Crippen molar-refractivity contribution >= 4 is 33.4 Å². The van der Waals surface area contributed by atoms with Gasteiger partial charge in [0, 0.05) is 10.9 Å². The molecule has 0 heterocycles. The Kier molecular flexibility index (Phi) is 6.00. The predicted molar refractivity (Wildman–Crippen MR) is 107 cm³/mol. The second-order valence-electron chi connectivity index (χ2n) is 6.62. The lowest BCUT2D eigenvalue weighted by molar-refractivity contribution is -0.164. The number of hydrogen-bond donors (Lipinski definition) is 0. The third kappa shape index (κ3) is 3.53. The lowest BCUT2D eigenvalue weighted by atomic mass is 9.99. The Hall–Kier alpha value is -2.38. The Morgan fingerprint density at radius 1 is 0.966 bits per heavy atom. The standard InChI is InChI=1S/C21H21ClO6S/c1-3-27-19(23)21(20(24)28-4-2)17(14-9-8-10-15(22)13-14)18(21)29(25,26)16-11-6-5-7-12-16/h5-13,17-18H,3-4H2,1-2H3/t17-,18+/m0/s1. The summed E-state index contributed by atoms with van der Waals surface area (Å²) in [4.78, 5) is 26.0. The molecule has 0 unspecified atom stereocenters. The van der Waals surface area contributed by atoms with Gasteiger partial charge in [0.05, 0.1) is 18.1 Å². The summed E-state index contributed by atoms with van der Waals surface area (Å²) < 4.78 is 37.2. The first-order chi connectivity index (χ1) is 13.8. The smallest absolute Gasteiger partial charge is 0.325 e. The lowest BCUT2D eigenvalue weighted by Crippen LogP contribution is -2.35. The van der Waals surface area contributed by atoms with E-state index in [2.05, 4.69) is 0 Å². The highest BCUT2D eigenvalue weighted by atomic mass is 35.5. The van der Waals surface area contributed by atoms with Crippen molar-refractivity contribution in [2.75, 3.05) is 13.2 Å². The van der Waals surface area contributed by atoms with Crippen LogP contribution < -0.4 is 0 Å². The minimum absolute atomic E-state index is 0.000356. The van der Waals surface area contributed by atoms with Gasteiger partial charge < -0.3 is 9.47 Å². The highest BCUT2D eigenvalue weighted by Crippen LogP contribution is 2.65. The normalized spacial score (nSPS) is 20.0. The Balaban J connectivity index is 2.21. The van der Waals surface area contributed by atoms with Crippen LogP contribution in [0.25, 0.3) is 0 Å². The second-order valence-corrected chi connectivity index (χ2v) is 9.13. The molecule has 0 aliphatic heterocycles. The maximum atomic E-state index is 13.4. The van der Waals surface area contributed by atoms with Crippen LogP contribution in [0, 0.1) is 5.41 Å². The number of esters is 2. The molecule has 3 rings (SSSR count). The van der Waals surface area contributed by atoms with E-state index in [0.717, 1.165) is 0 Å². The molecule has 2 aromatic rings. The molecule has 8 heteroatoms. The third-order valence-electron chi connectivity index (χ3n) is 4.97. The number of rotatable bonds is 7. The van der Waals surface area contributed by atoms with E-state index in [1.54, 1.807) is 56.3 Å².